The standard InChI is InChI=1S/C11H16ClNS/c12-11(10-1-2-10)7-13-5-3-9-4-6-14-8-9/h4,6,8,10-11,13H,1-3,5,7H2. The number of rotatable bonds is 6. The van der Waals surface area contributed by atoms with Gasteiger partial charge < -0.3 is 5.32 Å². The second kappa shape index (κ2) is 5.15. The summed E-state index contributed by atoms with van der Waals surface area (Å²) in [7, 11) is 0. The molecule has 0 aliphatic heterocycles. The van der Waals surface area contributed by atoms with Gasteiger partial charge in [-0.1, -0.05) is 0 Å². The van der Waals surface area contributed by atoms with Gasteiger partial charge in [0, 0.05) is 11.9 Å². The van der Waals surface area contributed by atoms with E-state index in [1.165, 1.54) is 18.4 Å². The predicted molar refractivity (Wildman–Crippen MR) is 63.3 cm³/mol. The SMILES string of the molecule is ClC(CNCCc1ccsc1)C1CC1. The number of thiophene rings is 1. The van der Waals surface area contributed by atoms with Crippen molar-refractivity contribution in [3.63, 3.8) is 0 Å². The normalized spacial score (nSPS) is 18.4. The van der Waals surface area contributed by atoms with Gasteiger partial charge in [-0.15, -0.1) is 11.6 Å². The molecule has 1 aromatic heterocycles. The lowest BCUT2D eigenvalue weighted by Gasteiger charge is -2.08. The minimum atomic E-state index is 0.359. The van der Waals surface area contributed by atoms with E-state index < -0.39 is 0 Å². The number of hydrogen-bond acceptors (Lipinski definition) is 2. The summed E-state index contributed by atoms with van der Waals surface area (Å²) in [6.45, 7) is 2.02. The molecular formula is C11H16ClNS. The summed E-state index contributed by atoms with van der Waals surface area (Å²) in [4.78, 5) is 0. The van der Waals surface area contributed by atoms with Crippen molar-refractivity contribution in [2.24, 2.45) is 5.92 Å². The Kier molecular flexibility index (Phi) is 3.85. The molecule has 1 aliphatic rings. The minimum absolute atomic E-state index is 0.359. The van der Waals surface area contributed by atoms with Gasteiger partial charge in [-0.05, 0) is 54.1 Å². The minimum Gasteiger partial charge on any atom is -0.315 e. The molecule has 0 spiro atoms. The van der Waals surface area contributed by atoms with E-state index in [1.807, 2.05) is 0 Å². The van der Waals surface area contributed by atoms with E-state index in [9.17, 15) is 0 Å². The quantitative estimate of drug-likeness (QED) is 0.584. The monoisotopic (exact) mass is 229 g/mol. The zero-order chi connectivity index (χ0) is 9.80. The molecule has 1 unspecified atom stereocenters. The second-order valence-electron chi connectivity index (χ2n) is 3.94. The highest BCUT2D eigenvalue weighted by atomic mass is 35.5. The Hall–Kier alpha value is -0.0500. The van der Waals surface area contributed by atoms with E-state index in [1.54, 1.807) is 11.3 Å². The first-order chi connectivity index (χ1) is 6.86. The molecule has 14 heavy (non-hydrogen) atoms. The van der Waals surface area contributed by atoms with E-state index >= 15 is 0 Å². The molecule has 1 N–H and O–H groups in total. The Labute approximate surface area is 94.5 Å². The van der Waals surface area contributed by atoms with Crippen molar-refractivity contribution in [3.8, 4) is 0 Å². The summed E-state index contributed by atoms with van der Waals surface area (Å²) in [6.07, 6.45) is 3.79. The molecule has 3 heteroatoms. The molecule has 1 aliphatic carbocycles. The predicted octanol–water partition coefficient (Wildman–Crippen LogP) is 2.90. The maximum Gasteiger partial charge on any atom is 0.0488 e. The summed E-state index contributed by atoms with van der Waals surface area (Å²) in [5.41, 5.74) is 1.43. The first-order valence-corrected chi connectivity index (χ1v) is 6.60. The highest BCUT2D eigenvalue weighted by Crippen LogP contribution is 2.35. The van der Waals surface area contributed by atoms with Crippen LogP contribution in [0.15, 0.2) is 16.8 Å². The van der Waals surface area contributed by atoms with Gasteiger partial charge in [-0.3, -0.25) is 0 Å². The molecule has 1 fully saturated rings. The van der Waals surface area contributed by atoms with Crippen LogP contribution in [0.1, 0.15) is 18.4 Å². The molecular weight excluding hydrogens is 214 g/mol. The Balaban J connectivity index is 1.54. The highest BCUT2D eigenvalue weighted by molar-refractivity contribution is 7.07. The van der Waals surface area contributed by atoms with Crippen LogP contribution < -0.4 is 5.32 Å². The lowest BCUT2D eigenvalue weighted by atomic mass is 10.2. The van der Waals surface area contributed by atoms with Gasteiger partial charge in [-0.25, -0.2) is 0 Å². The average Bonchev–Trinajstić information content (AvgIpc) is 2.92. The third-order valence-corrected chi connectivity index (χ3v) is 3.89. The van der Waals surface area contributed by atoms with E-state index in [-0.39, 0.29) is 0 Å². The molecule has 78 valence electrons. The van der Waals surface area contributed by atoms with Gasteiger partial charge in [0.25, 0.3) is 0 Å². The summed E-state index contributed by atoms with van der Waals surface area (Å²) < 4.78 is 0. The summed E-state index contributed by atoms with van der Waals surface area (Å²) >= 11 is 7.94. The molecule has 1 heterocycles. The van der Waals surface area contributed by atoms with Crippen LogP contribution in [0, 0.1) is 5.92 Å². The molecule has 1 atom stereocenters. The molecule has 0 bridgehead atoms. The van der Waals surface area contributed by atoms with Crippen LogP contribution in [-0.4, -0.2) is 18.5 Å². The van der Waals surface area contributed by atoms with Crippen molar-refractivity contribution < 1.29 is 0 Å². The van der Waals surface area contributed by atoms with Crippen LogP contribution in [-0.2, 0) is 6.42 Å². The maximum atomic E-state index is 6.18. The zero-order valence-corrected chi connectivity index (χ0v) is 9.78. The van der Waals surface area contributed by atoms with Crippen LogP contribution in [0.4, 0.5) is 0 Å². The molecule has 1 nitrogen and oxygen atoms in total. The topological polar surface area (TPSA) is 12.0 Å². The number of hydrogen-bond donors (Lipinski definition) is 1. The first-order valence-electron chi connectivity index (χ1n) is 5.22. The summed E-state index contributed by atoms with van der Waals surface area (Å²) in [5, 5.41) is 8.11. The van der Waals surface area contributed by atoms with Crippen molar-refractivity contribution in [2.75, 3.05) is 13.1 Å². The van der Waals surface area contributed by atoms with Crippen LogP contribution in [0.5, 0.6) is 0 Å². The number of nitrogens with one attached hydrogen (secondary N) is 1. The van der Waals surface area contributed by atoms with Gasteiger partial charge in [0.05, 0.1) is 0 Å². The van der Waals surface area contributed by atoms with Crippen molar-refractivity contribution in [1.82, 2.24) is 5.32 Å². The average molecular weight is 230 g/mol. The smallest absolute Gasteiger partial charge is 0.0488 e. The molecule has 2 rings (SSSR count). The van der Waals surface area contributed by atoms with Crippen molar-refractivity contribution in [1.29, 1.82) is 0 Å². The molecule has 0 saturated heterocycles. The van der Waals surface area contributed by atoms with Gasteiger partial charge in [0.2, 0.25) is 0 Å². The third-order valence-electron chi connectivity index (χ3n) is 2.64. The van der Waals surface area contributed by atoms with Crippen molar-refractivity contribution in [3.05, 3.63) is 22.4 Å². The lowest BCUT2D eigenvalue weighted by molar-refractivity contribution is 0.620. The maximum absolute atomic E-state index is 6.18. The van der Waals surface area contributed by atoms with Crippen LogP contribution >= 0.6 is 22.9 Å². The van der Waals surface area contributed by atoms with Gasteiger partial charge in [0.15, 0.2) is 0 Å². The molecule has 0 radical (unpaired) electrons. The fourth-order valence-electron chi connectivity index (χ4n) is 1.53. The summed E-state index contributed by atoms with van der Waals surface area (Å²) in [5.74, 6) is 0.797. The Morgan fingerprint density at radius 3 is 3.07 bits per heavy atom. The Morgan fingerprint density at radius 1 is 1.57 bits per heavy atom. The Morgan fingerprint density at radius 2 is 2.43 bits per heavy atom. The van der Waals surface area contributed by atoms with Gasteiger partial charge >= 0.3 is 0 Å². The zero-order valence-electron chi connectivity index (χ0n) is 8.21. The molecule has 1 saturated carbocycles. The molecule has 1 aromatic rings. The van der Waals surface area contributed by atoms with E-state index in [4.69, 9.17) is 11.6 Å². The fraction of sp³-hybridized carbons (Fsp3) is 0.636. The largest absolute Gasteiger partial charge is 0.315 e. The first kappa shape index (κ1) is 10.5. The Bertz CT molecular complexity index is 256. The second-order valence-corrected chi connectivity index (χ2v) is 5.28. The third kappa shape index (κ3) is 3.26. The molecule has 0 aromatic carbocycles. The van der Waals surface area contributed by atoms with Crippen LogP contribution in [0.3, 0.4) is 0 Å². The fourth-order valence-corrected chi connectivity index (χ4v) is 2.60. The number of halogens is 1. The van der Waals surface area contributed by atoms with Gasteiger partial charge in [0.1, 0.15) is 0 Å². The number of alkyl halides is 1. The van der Waals surface area contributed by atoms with Crippen molar-refractivity contribution >= 4 is 22.9 Å². The van der Waals surface area contributed by atoms with E-state index in [0.717, 1.165) is 25.4 Å². The van der Waals surface area contributed by atoms with E-state index in [2.05, 4.69) is 22.1 Å². The van der Waals surface area contributed by atoms with Gasteiger partial charge in [-0.2, -0.15) is 11.3 Å². The van der Waals surface area contributed by atoms with E-state index in [0.29, 0.717) is 5.38 Å². The lowest BCUT2D eigenvalue weighted by Crippen LogP contribution is -2.26. The van der Waals surface area contributed by atoms with Crippen LogP contribution in [0.2, 0.25) is 0 Å². The highest BCUT2D eigenvalue weighted by Gasteiger charge is 2.28. The molecule has 0 amide bonds. The van der Waals surface area contributed by atoms with Crippen LogP contribution in [0.25, 0.3) is 0 Å². The van der Waals surface area contributed by atoms with Crippen molar-refractivity contribution in [2.45, 2.75) is 24.6 Å². The summed E-state index contributed by atoms with van der Waals surface area (Å²) in [6, 6.07) is 2.19.